The summed E-state index contributed by atoms with van der Waals surface area (Å²) in [7, 11) is 0. The van der Waals surface area contributed by atoms with Crippen molar-refractivity contribution >= 4 is 46.3 Å². The summed E-state index contributed by atoms with van der Waals surface area (Å²) in [4.78, 5) is 47.0. The van der Waals surface area contributed by atoms with Crippen molar-refractivity contribution in [2.75, 3.05) is 36.5 Å². The molecule has 2 atom stereocenters. The van der Waals surface area contributed by atoms with Crippen LogP contribution in [-0.2, 0) is 28.7 Å². The highest BCUT2D eigenvalue weighted by atomic mass is 35.5. The topological polar surface area (TPSA) is 134 Å². The van der Waals surface area contributed by atoms with Gasteiger partial charge in [0.15, 0.2) is 5.82 Å². The first-order chi connectivity index (χ1) is 20.8. The first-order valence-electron chi connectivity index (χ1n) is 14.0. The summed E-state index contributed by atoms with van der Waals surface area (Å²) in [5, 5.41) is 16.4. The van der Waals surface area contributed by atoms with Crippen LogP contribution in [0, 0.1) is 0 Å². The van der Waals surface area contributed by atoms with Crippen LogP contribution in [0.25, 0.3) is 11.4 Å². The highest BCUT2D eigenvalue weighted by Crippen LogP contribution is 2.34. The summed E-state index contributed by atoms with van der Waals surface area (Å²) in [6, 6.07) is 1.78. The number of alkyl halides is 3. The number of hydrogen-bond acceptors (Lipinski definition) is 7. The van der Waals surface area contributed by atoms with Gasteiger partial charge in [0.25, 0.3) is 5.56 Å². The van der Waals surface area contributed by atoms with Crippen molar-refractivity contribution in [2.24, 2.45) is 0 Å². The molecule has 2 aliphatic rings. The van der Waals surface area contributed by atoms with Crippen LogP contribution in [0.2, 0.25) is 5.02 Å². The summed E-state index contributed by atoms with van der Waals surface area (Å²) < 4.78 is 47.4. The van der Waals surface area contributed by atoms with Crippen LogP contribution in [0.4, 0.5) is 29.3 Å². The third kappa shape index (κ3) is 5.85. The van der Waals surface area contributed by atoms with Crippen LogP contribution in [0.3, 0.4) is 0 Å². The molecule has 0 radical (unpaired) electrons. The van der Waals surface area contributed by atoms with Crippen LogP contribution in [-0.4, -0.2) is 79.6 Å². The van der Waals surface area contributed by atoms with Crippen molar-refractivity contribution in [3.8, 4) is 0 Å². The van der Waals surface area contributed by atoms with Crippen molar-refractivity contribution in [1.82, 2.24) is 24.1 Å². The number of nitrogens with zero attached hydrogens (tertiary/aromatic N) is 6. The van der Waals surface area contributed by atoms with Crippen LogP contribution in [0.1, 0.15) is 44.3 Å². The Morgan fingerprint density at radius 3 is 2.57 bits per heavy atom. The number of benzene rings is 1. The Labute approximate surface area is 254 Å². The van der Waals surface area contributed by atoms with Gasteiger partial charge in [-0.25, -0.2) is 4.79 Å². The normalized spacial score (nSPS) is 19.3. The fraction of sp³-hybridized carbons (Fsp3) is 0.464. The quantitative estimate of drug-likeness (QED) is 0.412. The van der Waals surface area contributed by atoms with E-state index in [1.54, 1.807) is 11.5 Å². The van der Waals surface area contributed by atoms with Gasteiger partial charge in [-0.15, -0.1) is 5.10 Å². The number of piperazine rings is 1. The minimum Gasteiger partial charge on any atom is -0.465 e. The Kier molecular flexibility index (Phi) is 8.62. The first-order valence-corrected chi connectivity index (χ1v) is 14.4. The average molecular weight is 638 g/mol. The molecule has 2 amide bonds. The predicted molar refractivity (Wildman–Crippen MR) is 156 cm³/mol. The number of nitrogens with one attached hydrogen (secondary N) is 1. The predicted octanol–water partition coefficient (Wildman–Crippen LogP) is 4.15. The second-order valence-electron chi connectivity index (χ2n) is 10.6. The number of carbonyl (C=O) groups excluding carboxylic acids is 1. The molecule has 16 heteroatoms. The minimum atomic E-state index is -4.60. The number of ether oxygens (including phenoxy) is 1. The molecule has 0 saturated carbocycles. The molecular weight excluding hydrogens is 607 g/mol. The molecule has 5 rings (SSSR count). The molecule has 2 aliphatic heterocycles. The zero-order chi connectivity index (χ0) is 31.9. The second-order valence-corrected chi connectivity index (χ2v) is 11.0. The van der Waals surface area contributed by atoms with Gasteiger partial charge >= 0.3 is 12.3 Å². The molecule has 2 aromatic heterocycles. The number of amides is 2. The van der Waals surface area contributed by atoms with Crippen LogP contribution in [0.5, 0.6) is 0 Å². The number of rotatable bonds is 6. The fourth-order valence-corrected chi connectivity index (χ4v) is 5.85. The summed E-state index contributed by atoms with van der Waals surface area (Å²) in [5.74, 6) is -0.206. The van der Waals surface area contributed by atoms with Gasteiger partial charge < -0.3 is 29.5 Å². The number of aromatic nitrogens is 4. The molecule has 0 spiro atoms. The van der Waals surface area contributed by atoms with Crippen molar-refractivity contribution in [3.63, 3.8) is 0 Å². The Balaban J connectivity index is 1.60. The van der Waals surface area contributed by atoms with Gasteiger partial charge in [0, 0.05) is 19.1 Å². The van der Waals surface area contributed by atoms with E-state index in [1.165, 1.54) is 4.90 Å². The number of carboxylic acid groups (broad SMARTS) is 1. The summed E-state index contributed by atoms with van der Waals surface area (Å²) in [6.07, 6.45) is -3.01. The van der Waals surface area contributed by atoms with Crippen molar-refractivity contribution in [2.45, 2.75) is 58.4 Å². The standard InChI is InChI=1S/C28H31ClF3N7O5/c1-4-21-23(36-9-10-37(27(42)43)16(3)15(36)2)25(41)39-26(34-24(35-39)17-7-11-44-12-8-17)38(21)14-22(40)33-20-6-5-18(13-19(20)29)28(30,31)32/h5-7,13,15-16H,4,8-12,14H2,1-3H3,(H,33,40)(H,42,43)/t15-,16+/m0/s1. The lowest BCUT2D eigenvalue weighted by Crippen LogP contribution is -2.60. The summed E-state index contributed by atoms with van der Waals surface area (Å²) >= 11 is 6.08. The van der Waals surface area contributed by atoms with E-state index in [-0.39, 0.29) is 41.8 Å². The number of hydrogen-bond donors (Lipinski definition) is 2. The van der Waals surface area contributed by atoms with E-state index in [0.717, 1.165) is 28.3 Å². The van der Waals surface area contributed by atoms with Gasteiger partial charge in [0.05, 0.1) is 41.2 Å². The Bertz CT molecular complexity index is 1700. The molecule has 0 aliphatic carbocycles. The summed E-state index contributed by atoms with van der Waals surface area (Å²) in [6.45, 7) is 6.24. The molecule has 0 unspecified atom stereocenters. The average Bonchev–Trinajstić information content (AvgIpc) is 3.43. The Morgan fingerprint density at radius 1 is 1.20 bits per heavy atom. The van der Waals surface area contributed by atoms with Crippen molar-refractivity contribution in [3.05, 3.63) is 56.7 Å². The second kappa shape index (κ2) is 12.1. The van der Waals surface area contributed by atoms with Crippen LogP contribution < -0.4 is 15.8 Å². The van der Waals surface area contributed by atoms with E-state index >= 15 is 0 Å². The smallest absolute Gasteiger partial charge is 0.416 e. The lowest BCUT2D eigenvalue weighted by Gasteiger charge is -2.45. The fourth-order valence-electron chi connectivity index (χ4n) is 5.62. The highest BCUT2D eigenvalue weighted by Gasteiger charge is 2.37. The first kappa shape index (κ1) is 31.3. The number of fused-ring (bicyclic) bond motifs is 1. The van der Waals surface area contributed by atoms with Gasteiger partial charge in [-0.1, -0.05) is 24.6 Å². The maximum Gasteiger partial charge on any atom is 0.416 e. The lowest BCUT2D eigenvalue weighted by atomic mass is 10.0. The highest BCUT2D eigenvalue weighted by molar-refractivity contribution is 6.33. The number of anilines is 2. The third-order valence-electron chi connectivity index (χ3n) is 8.08. The maximum atomic E-state index is 14.1. The molecule has 236 valence electrons. The number of halogens is 4. The largest absolute Gasteiger partial charge is 0.465 e. The van der Waals surface area contributed by atoms with Gasteiger partial charge in [0.1, 0.15) is 12.2 Å². The zero-order valence-corrected chi connectivity index (χ0v) is 24.9. The van der Waals surface area contributed by atoms with Crippen LogP contribution >= 0.6 is 11.6 Å². The zero-order valence-electron chi connectivity index (χ0n) is 24.2. The molecule has 4 heterocycles. The van der Waals surface area contributed by atoms with Crippen molar-refractivity contribution < 1.29 is 32.6 Å². The minimum absolute atomic E-state index is 0.0123. The van der Waals surface area contributed by atoms with E-state index < -0.39 is 41.4 Å². The SMILES string of the molecule is CCc1c(N2CCN(C(=O)O)[C@H](C)[C@@H]2C)c(=O)n2nc(C3=CCOCC3)nc2n1CC(=O)Nc1ccc(C(F)(F)F)cc1Cl. The van der Waals surface area contributed by atoms with Crippen LogP contribution in [0.15, 0.2) is 29.1 Å². The maximum absolute atomic E-state index is 14.1. The van der Waals surface area contributed by atoms with Gasteiger partial charge in [-0.05, 0) is 50.5 Å². The van der Waals surface area contributed by atoms with Crippen molar-refractivity contribution in [1.29, 1.82) is 0 Å². The molecule has 1 fully saturated rings. The van der Waals surface area contributed by atoms with Gasteiger partial charge in [-0.3, -0.25) is 9.59 Å². The van der Waals surface area contributed by atoms with E-state index in [9.17, 15) is 32.7 Å². The number of carbonyl (C=O) groups is 2. The van der Waals surface area contributed by atoms with E-state index in [0.29, 0.717) is 37.6 Å². The third-order valence-corrected chi connectivity index (χ3v) is 8.39. The molecule has 44 heavy (non-hydrogen) atoms. The Morgan fingerprint density at radius 2 is 1.95 bits per heavy atom. The molecule has 12 nitrogen and oxygen atoms in total. The molecule has 1 aromatic carbocycles. The Hall–Kier alpha value is -4.11. The van der Waals surface area contributed by atoms with Gasteiger partial charge in [-0.2, -0.15) is 22.7 Å². The summed E-state index contributed by atoms with van der Waals surface area (Å²) in [5.41, 5.74) is 0.0881. The molecule has 3 aromatic rings. The van der Waals surface area contributed by atoms with E-state index in [2.05, 4.69) is 15.4 Å². The van der Waals surface area contributed by atoms with E-state index in [1.807, 2.05) is 24.8 Å². The van der Waals surface area contributed by atoms with Gasteiger partial charge in [0.2, 0.25) is 11.7 Å². The van der Waals surface area contributed by atoms with E-state index in [4.69, 9.17) is 16.3 Å². The molecule has 1 saturated heterocycles. The monoisotopic (exact) mass is 637 g/mol. The molecule has 0 bridgehead atoms. The lowest BCUT2D eigenvalue weighted by molar-refractivity contribution is -0.137. The molecular formula is C28H31ClF3N7O5. The molecule has 2 N–H and O–H groups in total.